The van der Waals surface area contributed by atoms with Crippen molar-refractivity contribution in [1.29, 1.82) is 0 Å². The van der Waals surface area contributed by atoms with Gasteiger partial charge >= 0.3 is 0 Å². The zero-order valence-corrected chi connectivity index (χ0v) is 103. The molecular weight excluding hydrogens is 2010 g/mol. The van der Waals surface area contributed by atoms with E-state index in [2.05, 4.69) is 166 Å². The molecule has 0 radical (unpaired) electrons. The Labute approximate surface area is 869 Å². The van der Waals surface area contributed by atoms with E-state index in [0.29, 0.717) is 150 Å². The maximum atomic E-state index is 5.80. The van der Waals surface area contributed by atoms with Crippen LogP contribution in [0.4, 0.5) is 0 Å². The first-order valence-corrected chi connectivity index (χ1v) is 73.4. The van der Waals surface area contributed by atoms with Crippen molar-refractivity contribution in [3.8, 4) is 0 Å². The third kappa shape index (κ3) is 99.3. The topological polar surface area (TPSA) is 111 Å². The molecule has 31 heteroatoms. The number of hydrogen-bond donors (Lipinski definition) is 0. The van der Waals surface area contributed by atoms with Crippen LogP contribution in [-0.4, -0.2) is 79.3 Å². The summed E-state index contributed by atoms with van der Waals surface area (Å²) in [6.45, 7) is 61.1. The summed E-state index contributed by atoms with van der Waals surface area (Å²) in [5.74, 6) is 6.84. The minimum Gasteiger partial charge on any atom is -0.691 e. The van der Waals surface area contributed by atoms with Gasteiger partial charge in [-0.1, -0.05) is 468 Å². The Morgan fingerprint density at radius 1 is 0.150 bits per heavy atom. The molecule has 12 atom stereocenters. The van der Waals surface area contributed by atoms with Gasteiger partial charge in [0.15, 0.2) is 0 Å². The molecule has 774 valence electrons. The quantitative estimate of drug-likeness (QED) is 0.0327. The second-order valence-electron chi connectivity index (χ2n) is 35.2. The molecule has 0 saturated carbocycles. The molecule has 0 rings (SSSR count). The van der Waals surface area contributed by atoms with Crippen LogP contribution in [-0.2, 0) is 220 Å². The maximum Gasteiger partial charge on any atom is 0.0564 e. The van der Waals surface area contributed by atoms with Crippen LogP contribution in [0, 0.1) is 71.0 Å². The summed E-state index contributed by atoms with van der Waals surface area (Å²) in [7, 11) is 0. The van der Waals surface area contributed by atoms with Gasteiger partial charge in [0.25, 0.3) is 0 Å². The van der Waals surface area contributed by atoms with Gasteiger partial charge in [-0.15, -0.1) is 0 Å². The smallest absolute Gasteiger partial charge is 0.0564 e. The van der Waals surface area contributed by atoms with Crippen molar-refractivity contribution in [2.24, 2.45) is 71.0 Å². The fraction of sp³-hybridized carbons (Fsp3) is 1.00. The predicted molar refractivity (Wildman–Crippen MR) is 601 cm³/mol. The van der Waals surface area contributed by atoms with E-state index in [1.54, 1.807) is 0 Å². The molecule has 0 aromatic carbocycles. The minimum atomic E-state index is -2.47. The van der Waals surface area contributed by atoms with Gasteiger partial charge < -0.3 is 128 Å². The molecule has 12 nitrogen and oxygen atoms in total. The van der Waals surface area contributed by atoms with E-state index >= 15 is 0 Å². The predicted octanol–water partition coefficient (Wildman–Crippen LogP) is 37.3. The molecule has 12 unspecified atom stereocenters. The Morgan fingerprint density at radius 3 is 0.260 bits per heavy atom. The van der Waals surface area contributed by atoms with Gasteiger partial charge in [-0.2, -0.15) is 0 Å². The number of unbranched alkanes of at least 4 members (excludes halogenated alkanes) is 12. The van der Waals surface area contributed by atoms with E-state index in [4.69, 9.17) is 199 Å². The molecule has 0 aliphatic heterocycles. The molecule has 0 amide bonds. The van der Waals surface area contributed by atoms with Crippen LogP contribution in [0.25, 0.3) is 0 Å². The molecule has 0 N–H and O–H groups in total. The van der Waals surface area contributed by atoms with Crippen molar-refractivity contribution in [1.82, 2.24) is 0 Å². The summed E-state index contributed by atoms with van der Waals surface area (Å²) in [5.41, 5.74) is -14.8. The van der Waals surface area contributed by atoms with Crippen LogP contribution < -0.4 is 0 Å². The van der Waals surface area contributed by atoms with E-state index in [9.17, 15) is 0 Å². The molecule has 127 heavy (non-hydrogen) atoms. The molecule has 0 aromatic heterocycles. The Balaban J connectivity index is -0.000000272. The molecule has 0 aliphatic carbocycles. The molecule has 0 heterocycles. The van der Waals surface area contributed by atoms with Crippen molar-refractivity contribution in [2.75, 3.05) is 79.3 Å². The SMILES string of the molecule is CCCCC(CC)COP(=S)([S-])OCC(CC)CCCC.CCCCC(CC)COP(=S)([S-])OCC(CC)CCCC.CCCCC(CC)COP(=S)([S-])OCC(CC)CCCC.CCCCC(CC)COP(=S)([S-])OCC(CC)CCCC.CCCCC(CC)COP(=S)([S-])OCC(CC)CCCC.CCCCC(CC)COP(=S)([S-])OCC(CC)CCCC.[Mo]. The third-order valence-electron chi connectivity index (χ3n) is 24.1. The van der Waals surface area contributed by atoms with Crippen LogP contribution >= 0.6 is 34.2 Å². The molecule has 0 saturated heterocycles. The first-order valence-electron chi connectivity index (χ1n) is 51.5. The number of rotatable bonds is 84. The standard InChI is InChI=1S/6C16H35O2PS2.Mo/c6*1-5-9-11-15(7-3)13-17-19(20,21)18-14-16(8-4)12-10-6-2;/h6*15-16H,5-14H2,1-4H3,(H,20,21);/p-6. The summed E-state index contributed by atoms with van der Waals surface area (Å²) in [6.07, 6.45) is 57.6. The Bertz CT molecular complexity index is 2020. The second kappa shape index (κ2) is 101. The molecule has 0 bridgehead atoms. The van der Waals surface area contributed by atoms with Gasteiger partial charge in [-0.05, 0) is 148 Å². The summed E-state index contributed by atoms with van der Waals surface area (Å²) in [6, 6.07) is 0. The molecular formula is C96H204MoO12P6S12-6. The van der Waals surface area contributed by atoms with Gasteiger partial charge in [0.05, 0.1) is 113 Å². The van der Waals surface area contributed by atoms with E-state index in [-0.39, 0.29) is 21.1 Å². The van der Waals surface area contributed by atoms with E-state index in [0.717, 1.165) is 77.0 Å². The van der Waals surface area contributed by atoms with Crippen LogP contribution in [0.5, 0.6) is 0 Å². The van der Waals surface area contributed by atoms with Gasteiger partial charge in [-0.25, -0.2) is 0 Å². The van der Waals surface area contributed by atoms with Gasteiger partial charge in [-0.3, -0.25) is 0 Å². The largest absolute Gasteiger partial charge is 0.691 e. The fourth-order valence-corrected chi connectivity index (χ4v) is 22.9. The Morgan fingerprint density at radius 2 is 0.213 bits per heavy atom. The summed E-state index contributed by atoms with van der Waals surface area (Å²) >= 11 is 64.6. The van der Waals surface area contributed by atoms with Crippen molar-refractivity contribution >= 4 is 178 Å². The molecule has 0 spiro atoms. The first-order chi connectivity index (χ1) is 59.9. The van der Waals surface area contributed by atoms with Crippen LogP contribution in [0.1, 0.15) is 474 Å². The second-order valence-corrected chi connectivity index (χ2v) is 65.2. The maximum absolute atomic E-state index is 5.80. The summed E-state index contributed by atoms with van der Waals surface area (Å²) in [5, 5.41) is 0. The average Bonchev–Trinajstić information content (AvgIpc) is 0.936. The normalized spacial score (nSPS) is 17.2. The van der Waals surface area contributed by atoms with Gasteiger partial charge in [0.2, 0.25) is 0 Å². The van der Waals surface area contributed by atoms with Crippen molar-refractivity contribution in [2.45, 2.75) is 474 Å². The third-order valence-corrected chi connectivity index (χ3v) is 37.3. The fourth-order valence-electron chi connectivity index (χ4n) is 13.4. The van der Waals surface area contributed by atoms with Crippen LogP contribution in [0.15, 0.2) is 0 Å². The molecule has 0 aliphatic rings. The van der Waals surface area contributed by atoms with Gasteiger partial charge in [0.1, 0.15) is 0 Å². The van der Waals surface area contributed by atoms with Crippen molar-refractivity contribution in [3.05, 3.63) is 0 Å². The van der Waals surface area contributed by atoms with E-state index < -0.39 is 34.2 Å². The molecule has 0 aromatic rings. The van der Waals surface area contributed by atoms with Gasteiger partial charge in [0, 0.05) is 21.1 Å². The monoisotopic (exact) mass is 2220 g/mol. The van der Waals surface area contributed by atoms with Crippen molar-refractivity contribution in [3.63, 3.8) is 0 Å². The Kier molecular flexibility index (Phi) is 116. The van der Waals surface area contributed by atoms with E-state index in [1.165, 1.54) is 231 Å². The van der Waals surface area contributed by atoms with E-state index in [1.807, 2.05) is 0 Å². The first kappa shape index (κ1) is 146. The molecule has 0 fully saturated rings. The summed E-state index contributed by atoms with van der Waals surface area (Å²) < 4.78 is 69.6. The minimum absolute atomic E-state index is 0. The van der Waals surface area contributed by atoms with Crippen LogP contribution in [0.3, 0.4) is 0 Å². The van der Waals surface area contributed by atoms with Crippen molar-refractivity contribution < 1.29 is 75.4 Å². The summed E-state index contributed by atoms with van der Waals surface area (Å²) in [4.78, 5) is 0. The zero-order chi connectivity index (χ0) is 96.8. The Hall–Kier alpha value is 6.21. The average molecular weight is 2220 g/mol. The van der Waals surface area contributed by atoms with Crippen LogP contribution in [0.2, 0.25) is 0 Å². The zero-order valence-electron chi connectivity index (χ0n) is 86.2. The number of hydrogen-bond acceptors (Lipinski definition) is 24.